The Bertz CT molecular complexity index is 1380. The van der Waals surface area contributed by atoms with Crippen LogP contribution in [0.15, 0.2) is 57.5 Å². The van der Waals surface area contributed by atoms with Gasteiger partial charge in [0.1, 0.15) is 22.7 Å². The minimum atomic E-state index is -0.787. The Balaban J connectivity index is 1.63. The number of ketones is 1. The van der Waals surface area contributed by atoms with Crippen molar-refractivity contribution >= 4 is 34.4 Å². The molecule has 0 aliphatic carbocycles. The molecule has 0 spiro atoms. The third-order valence-corrected chi connectivity index (χ3v) is 5.64. The molecule has 4 rings (SSSR count). The lowest BCUT2D eigenvalue weighted by Gasteiger charge is -2.11. The molecule has 0 bridgehead atoms. The quantitative estimate of drug-likeness (QED) is 0.252. The number of nitrogen functional groups attached to an aromatic ring is 1. The summed E-state index contributed by atoms with van der Waals surface area (Å²) in [7, 11) is 0. The molecule has 0 unspecified atom stereocenters. The van der Waals surface area contributed by atoms with Gasteiger partial charge in [0.25, 0.3) is 5.56 Å². The minimum Gasteiger partial charge on any atom is -0.384 e. The molecular weight excluding hydrogens is 418 g/mol. The van der Waals surface area contributed by atoms with E-state index in [1.165, 1.54) is 10.9 Å². The van der Waals surface area contributed by atoms with E-state index in [1.807, 2.05) is 37.3 Å². The standard InChI is InChI=1S/C20H19N7O3S/c1-2-8-26-16(21)15(18(29)25-20(26)30)14(28)10-31-19-13-9-24-27(17(13)22-11-23-19)12-6-4-3-5-7-12/h3-7,9,11H,2,8,10,21H2,1H3,(H,25,29,30). The Morgan fingerprint density at radius 2 is 1.97 bits per heavy atom. The molecule has 1 aromatic carbocycles. The Hall–Kier alpha value is -3.73. The van der Waals surface area contributed by atoms with Crippen molar-refractivity contribution in [3.63, 3.8) is 0 Å². The van der Waals surface area contributed by atoms with Gasteiger partial charge in [-0.05, 0) is 18.6 Å². The number of hydrogen-bond donors (Lipinski definition) is 2. The van der Waals surface area contributed by atoms with Crippen LogP contribution in [-0.2, 0) is 6.54 Å². The number of nitrogens with zero attached hydrogens (tertiary/aromatic N) is 5. The SMILES string of the molecule is CCCn1c(N)c(C(=O)CSc2ncnc3c2cnn3-c2ccccc2)c(=O)[nH]c1=O. The molecule has 0 aliphatic rings. The third-order valence-electron chi connectivity index (χ3n) is 4.64. The number of nitrogens with two attached hydrogens (primary N) is 1. The molecule has 4 aromatic rings. The molecule has 0 saturated heterocycles. The summed E-state index contributed by atoms with van der Waals surface area (Å²) in [5, 5.41) is 5.62. The number of aromatic nitrogens is 6. The fourth-order valence-corrected chi connectivity index (χ4v) is 4.04. The lowest BCUT2D eigenvalue weighted by atomic mass is 10.2. The molecule has 31 heavy (non-hydrogen) atoms. The van der Waals surface area contributed by atoms with Crippen molar-refractivity contribution < 1.29 is 4.79 Å². The normalized spacial score (nSPS) is 11.1. The summed E-state index contributed by atoms with van der Waals surface area (Å²) in [5.74, 6) is -0.693. The van der Waals surface area contributed by atoms with E-state index in [0.29, 0.717) is 29.0 Å². The third kappa shape index (κ3) is 3.87. The first-order chi connectivity index (χ1) is 15.0. The van der Waals surface area contributed by atoms with Crippen LogP contribution in [-0.4, -0.2) is 40.8 Å². The summed E-state index contributed by atoms with van der Waals surface area (Å²) in [6.07, 6.45) is 3.67. The summed E-state index contributed by atoms with van der Waals surface area (Å²) in [5.41, 5.74) is 5.79. The van der Waals surface area contributed by atoms with Crippen molar-refractivity contribution in [2.45, 2.75) is 24.9 Å². The van der Waals surface area contributed by atoms with Crippen LogP contribution in [0, 0.1) is 0 Å². The van der Waals surface area contributed by atoms with Gasteiger partial charge in [-0.25, -0.2) is 19.4 Å². The first kappa shape index (κ1) is 20.5. The molecule has 3 heterocycles. The van der Waals surface area contributed by atoms with Crippen molar-refractivity contribution in [2.24, 2.45) is 0 Å². The monoisotopic (exact) mass is 437 g/mol. The number of para-hydroxylation sites is 1. The van der Waals surface area contributed by atoms with Gasteiger partial charge in [-0.1, -0.05) is 36.9 Å². The second-order valence-corrected chi connectivity index (χ2v) is 7.66. The molecule has 158 valence electrons. The van der Waals surface area contributed by atoms with Crippen molar-refractivity contribution in [1.82, 2.24) is 29.3 Å². The first-order valence-corrected chi connectivity index (χ1v) is 10.5. The number of benzene rings is 1. The summed E-state index contributed by atoms with van der Waals surface area (Å²) >= 11 is 1.15. The molecule has 11 heteroatoms. The summed E-state index contributed by atoms with van der Waals surface area (Å²) < 4.78 is 2.89. The van der Waals surface area contributed by atoms with Crippen LogP contribution in [0.2, 0.25) is 0 Å². The van der Waals surface area contributed by atoms with Crippen molar-refractivity contribution in [3.8, 4) is 5.69 Å². The number of fused-ring (bicyclic) bond motifs is 1. The van der Waals surface area contributed by atoms with E-state index >= 15 is 0 Å². The van der Waals surface area contributed by atoms with Crippen LogP contribution in [0.4, 0.5) is 5.82 Å². The summed E-state index contributed by atoms with van der Waals surface area (Å²) in [4.78, 5) is 47.7. The van der Waals surface area contributed by atoms with Gasteiger partial charge >= 0.3 is 5.69 Å². The summed E-state index contributed by atoms with van der Waals surface area (Å²) in [6.45, 7) is 2.17. The van der Waals surface area contributed by atoms with Gasteiger partial charge in [0, 0.05) is 6.54 Å². The average Bonchev–Trinajstić information content (AvgIpc) is 3.20. The summed E-state index contributed by atoms with van der Waals surface area (Å²) in [6, 6.07) is 9.53. The van der Waals surface area contributed by atoms with E-state index < -0.39 is 17.0 Å². The molecule has 0 saturated carbocycles. The lowest BCUT2D eigenvalue weighted by Crippen LogP contribution is -2.36. The van der Waals surface area contributed by atoms with Gasteiger partial charge in [0.05, 0.1) is 23.0 Å². The highest BCUT2D eigenvalue weighted by molar-refractivity contribution is 8.00. The molecule has 3 N–H and O–H groups in total. The molecule has 3 aromatic heterocycles. The number of Topliss-reactive ketones (excluding diaryl/α,β-unsaturated/α-hetero) is 1. The highest BCUT2D eigenvalue weighted by Crippen LogP contribution is 2.26. The molecule has 0 radical (unpaired) electrons. The second kappa shape index (κ2) is 8.56. The topological polar surface area (TPSA) is 142 Å². The van der Waals surface area contributed by atoms with Crippen molar-refractivity contribution in [3.05, 3.63) is 69.3 Å². The lowest BCUT2D eigenvalue weighted by molar-refractivity contribution is 0.102. The fourth-order valence-electron chi connectivity index (χ4n) is 3.20. The molecule has 0 aliphatic heterocycles. The van der Waals surface area contributed by atoms with Crippen molar-refractivity contribution in [1.29, 1.82) is 0 Å². The van der Waals surface area contributed by atoms with Gasteiger partial charge in [0.2, 0.25) is 0 Å². The zero-order valence-corrected chi connectivity index (χ0v) is 17.4. The number of nitrogens with one attached hydrogen (secondary N) is 1. The molecule has 10 nitrogen and oxygen atoms in total. The Morgan fingerprint density at radius 3 is 2.71 bits per heavy atom. The predicted molar refractivity (Wildman–Crippen MR) is 118 cm³/mol. The molecule has 0 fully saturated rings. The van der Waals surface area contributed by atoms with Crippen LogP contribution < -0.4 is 17.0 Å². The molecule has 0 amide bonds. The zero-order valence-electron chi connectivity index (χ0n) is 16.6. The minimum absolute atomic E-state index is 0.0831. The van der Waals surface area contributed by atoms with Crippen LogP contribution in [0.3, 0.4) is 0 Å². The van der Waals surface area contributed by atoms with Gasteiger partial charge in [0.15, 0.2) is 11.4 Å². The average molecular weight is 437 g/mol. The second-order valence-electron chi connectivity index (χ2n) is 6.69. The number of H-pyrrole nitrogens is 1. The van der Waals surface area contributed by atoms with E-state index in [-0.39, 0.29) is 17.1 Å². The fraction of sp³-hybridized carbons (Fsp3) is 0.200. The Morgan fingerprint density at radius 1 is 1.19 bits per heavy atom. The maximum absolute atomic E-state index is 12.8. The van der Waals surface area contributed by atoms with Crippen LogP contribution in [0.1, 0.15) is 23.7 Å². The maximum Gasteiger partial charge on any atom is 0.329 e. The number of hydrogen-bond acceptors (Lipinski definition) is 8. The van der Waals surface area contributed by atoms with Crippen LogP contribution >= 0.6 is 11.8 Å². The number of anilines is 1. The first-order valence-electron chi connectivity index (χ1n) is 9.54. The largest absolute Gasteiger partial charge is 0.384 e. The zero-order chi connectivity index (χ0) is 22.0. The van der Waals surface area contributed by atoms with E-state index in [9.17, 15) is 14.4 Å². The smallest absolute Gasteiger partial charge is 0.329 e. The van der Waals surface area contributed by atoms with E-state index in [1.54, 1.807) is 10.9 Å². The van der Waals surface area contributed by atoms with Gasteiger partial charge in [-0.2, -0.15) is 5.10 Å². The highest BCUT2D eigenvalue weighted by Gasteiger charge is 2.20. The van der Waals surface area contributed by atoms with Crippen molar-refractivity contribution in [2.75, 3.05) is 11.5 Å². The number of thioether (sulfide) groups is 1. The number of aromatic amines is 1. The Kier molecular flexibility index (Phi) is 5.67. The van der Waals surface area contributed by atoms with Crippen LogP contribution in [0.25, 0.3) is 16.7 Å². The van der Waals surface area contributed by atoms with Gasteiger partial charge in [-0.15, -0.1) is 0 Å². The maximum atomic E-state index is 12.8. The molecule has 0 atom stereocenters. The molecular formula is C20H19N7O3S. The van der Waals surface area contributed by atoms with Crippen LogP contribution in [0.5, 0.6) is 0 Å². The van der Waals surface area contributed by atoms with E-state index in [2.05, 4.69) is 20.1 Å². The van der Waals surface area contributed by atoms with E-state index in [0.717, 1.165) is 17.4 Å². The van der Waals surface area contributed by atoms with E-state index in [4.69, 9.17) is 5.73 Å². The number of carbonyl (C=O) groups is 1. The highest BCUT2D eigenvalue weighted by atomic mass is 32.2. The predicted octanol–water partition coefficient (Wildman–Crippen LogP) is 1.63. The number of rotatable bonds is 7. The number of carbonyl (C=O) groups excluding carboxylic acids is 1. The van der Waals surface area contributed by atoms with Gasteiger partial charge < -0.3 is 5.73 Å². The Labute approximate surface area is 180 Å². The van der Waals surface area contributed by atoms with Gasteiger partial charge in [-0.3, -0.25) is 19.1 Å².